The molecule has 10 heteroatoms. The van der Waals surface area contributed by atoms with Crippen LogP contribution in [0.15, 0.2) is 53.9 Å². The first-order valence-electron chi connectivity index (χ1n) is 11.5. The SMILES string of the molecule is CC1(C(=O)N(CCCC(=O)CS(C)(=O)=O)c2ccc(Cl)cc2)CCN1C(=O)c1csc2ccccc12. The van der Waals surface area contributed by atoms with Crippen LogP contribution < -0.4 is 4.90 Å². The summed E-state index contributed by atoms with van der Waals surface area (Å²) in [6.07, 6.45) is 1.86. The van der Waals surface area contributed by atoms with Crippen molar-refractivity contribution in [3.8, 4) is 0 Å². The van der Waals surface area contributed by atoms with Gasteiger partial charge < -0.3 is 9.80 Å². The van der Waals surface area contributed by atoms with Gasteiger partial charge in [0.05, 0.1) is 5.56 Å². The molecule has 3 aromatic rings. The summed E-state index contributed by atoms with van der Waals surface area (Å²) in [5.74, 6) is -1.35. The zero-order valence-corrected chi connectivity index (χ0v) is 22.5. The van der Waals surface area contributed by atoms with Crippen LogP contribution in [0.2, 0.25) is 5.02 Å². The lowest BCUT2D eigenvalue weighted by Gasteiger charge is -2.50. The Kier molecular flexibility index (Phi) is 7.54. The number of carbonyl (C=O) groups excluding carboxylic acids is 3. The minimum atomic E-state index is -3.41. The number of ketones is 1. The molecular weight excluding hydrogens is 520 g/mol. The van der Waals surface area contributed by atoms with Gasteiger partial charge in [-0.05, 0) is 50.1 Å². The molecule has 1 aliphatic rings. The Bertz CT molecular complexity index is 1420. The van der Waals surface area contributed by atoms with Gasteiger partial charge in [-0.25, -0.2) is 8.42 Å². The lowest BCUT2D eigenvalue weighted by molar-refractivity contribution is -0.134. The van der Waals surface area contributed by atoms with Crippen molar-refractivity contribution in [1.82, 2.24) is 4.90 Å². The van der Waals surface area contributed by atoms with Crippen molar-refractivity contribution in [1.29, 1.82) is 0 Å². The lowest BCUT2D eigenvalue weighted by atomic mass is 9.84. The first-order chi connectivity index (χ1) is 17.0. The van der Waals surface area contributed by atoms with Gasteiger partial charge in [0.15, 0.2) is 9.84 Å². The van der Waals surface area contributed by atoms with Crippen LogP contribution in [0, 0.1) is 0 Å². The fraction of sp³-hybridized carbons (Fsp3) is 0.346. The number of thiophene rings is 1. The smallest absolute Gasteiger partial charge is 0.256 e. The Morgan fingerprint density at radius 2 is 1.81 bits per heavy atom. The number of hydrogen-bond acceptors (Lipinski definition) is 6. The molecule has 0 aliphatic carbocycles. The van der Waals surface area contributed by atoms with Gasteiger partial charge in [0, 0.05) is 51.9 Å². The van der Waals surface area contributed by atoms with Crippen LogP contribution >= 0.6 is 22.9 Å². The van der Waals surface area contributed by atoms with Gasteiger partial charge >= 0.3 is 0 Å². The molecule has 0 bridgehead atoms. The molecule has 0 N–H and O–H groups in total. The fourth-order valence-corrected chi connectivity index (χ4v) is 6.24. The van der Waals surface area contributed by atoms with Crippen molar-refractivity contribution < 1.29 is 22.8 Å². The molecule has 2 amide bonds. The first-order valence-corrected chi connectivity index (χ1v) is 14.9. The summed E-state index contributed by atoms with van der Waals surface area (Å²) < 4.78 is 23.9. The zero-order valence-electron chi connectivity index (χ0n) is 20.1. The summed E-state index contributed by atoms with van der Waals surface area (Å²) in [5.41, 5.74) is 0.136. The van der Waals surface area contributed by atoms with Gasteiger partial charge in [-0.3, -0.25) is 14.4 Å². The minimum Gasteiger partial charge on any atom is -0.324 e. The largest absolute Gasteiger partial charge is 0.324 e. The van der Waals surface area contributed by atoms with Gasteiger partial charge in [0.2, 0.25) is 0 Å². The van der Waals surface area contributed by atoms with E-state index in [-0.39, 0.29) is 24.8 Å². The Balaban J connectivity index is 1.55. The lowest BCUT2D eigenvalue weighted by Crippen LogP contribution is -2.68. The third kappa shape index (κ3) is 5.48. The second-order valence-corrected chi connectivity index (χ2v) is 12.8. The van der Waals surface area contributed by atoms with E-state index in [1.165, 1.54) is 11.3 Å². The molecule has 1 aromatic heterocycles. The van der Waals surface area contributed by atoms with E-state index >= 15 is 0 Å². The quantitative estimate of drug-likeness (QED) is 0.391. The monoisotopic (exact) mass is 546 g/mol. The summed E-state index contributed by atoms with van der Waals surface area (Å²) in [4.78, 5) is 42.7. The zero-order chi connectivity index (χ0) is 26.1. The molecule has 7 nitrogen and oxygen atoms in total. The van der Waals surface area contributed by atoms with Gasteiger partial charge in [-0.1, -0.05) is 29.8 Å². The Hall–Kier alpha value is -2.75. The van der Waals surface area contributed by atoms with Gasteiger partial charge in [-0.2, -0.15) is 0 Å². The molecule has 36 heavy (non-hydrogen) atoms. The molecule has 2 aromatic carbocycles. The summed E-state index contributed by atoms with van der Waals surface area (Å²) in [7, 11) is -3.41. The molecule has 1 unspecified atom stereocenters. The second kappa shape index (κ2) is 10.3. The van der Waals surface area contributed by atoms with Crippen LogP contribution in [0.1, 0.15) is 36.5 Å². The van der Waals surface area contributed by atoms with Gasteiger partial charge in [-0.15, -0.1) is 11.3 Å². The Morgan fingerprint density at radius 1 is 1.11 bits per heavy atom. The maximum Gasteiger partial charge on any atom is 0.256 e. The number of benzene rings is 2. The average molecular weight is 547 g/mol. The molecule has 0 spiro atoms. The van der Waals surface area contributed by atoms with E-state index < -0.39 is 26.9 Å². The second-order valence-electron chi connectivity index (χ2n) is 9.27. The number of anilines is 1. The maximum absolute atomic E-state index is 13.9. The molecule has 1 fully saturated rings. The number of carbonyl (C=O) groups is 3. The third-order valence-electron chi connectivity index (χ3n) is 6.48. The van der Waals surface area contributed by atoms with E-state index in [2.05, 4.69) is 0 Å². The van der Waals surface area contributed by atoms with Crippen molar-refractivity contribution in [3.63, 3.8) is 0 Å². The number of hydrogen-bond donors (Lipinski definition) is 0. The normalized spacial score (nSPS) is 17.6. The Labute approximate surface area is 219 Å². The van der Waals surface area contributed by atoms with E-state index in [4.69, 9.17) is 11.6 Å². The summed E-state index contributed by atoms with van der Waals surface area (Å²) >= 11 is 7.54. The van der Waals surface area contributed by atoms with E-state index in [1.54, 1.807) is 41.0 Å². The third-order valence-corrected chi connectivity index (χ3v) is 8.54. The fourth-order valence-electron chi connectivity index (χ4n) is 4.45. The van der Waals surface area contributed by atoms with Crippen LogP contribution in [-0.4, -0.2) is 61.6 Å². The summed E-state index contributed by atoms with van der Waals surface area (Å²) in [6.45, 7) is 2.44. The number of rotatable bonds is 9. The highest BCUT2D eigenvalue weighted by molar-refractivity contribution is 7.91. The van der Waals surface area contributed by atoms with Crippen molar-refractivity contribution in [2.75, 3.05) is 30.0 Å². The highest BCUT2D eigenvalue weighted by atomic mass is 35.5. The molecule has 4 rings (SSSR count). The molecule has 1 atom stereocenters. The van der Waals surface area contributed by atoms with Crippen LogP contribution in [0.4, 0.5) is 5.69 Å². The van der Waals surface area contributed by atoms with Crippen LogP contribution in [0.5, 0.6) is 0 Å². The van der Waals surface area contributed by atoms with Crippen molar-refractivity contribution in [2.45, 2.75) is 31.7 Å². The molecular formula is C26H27ClN2O5S2. The van der Waals surface area contributed by atoms with E-state index in [1.807, 2.05) is 29.6 Å². The van der Waals surface area contributed by atoms with Crippen molar-refractivity contribution in [3.05, 3.63) is 64.5 Å². The number of Topliss-reactive ketones (excluding diaryl/α,β-unsaturated/α-hetero) is 1. The van der Waals surface area contributed by atoms with Crippen molar-refractivity contribution in [2.24, 2.45) is 0 Å². The number of sulfone groups is 1. The van der Waals surface area contributed by atoms with E-state index in [9.17, 15) is 22.8 Å². The summed E-state index contributed by atoms with van der Waals surface area (Å²) in [6, 6.07) is 14.5. The molecule has 2 heterocycles. The standard InChI is InChI=1S/C26H27ClN2O5S2/c1-26(13-15-29(26)24(31)22-16-35-23-8-4-3-7-21(22)23)25(32)28(19-11-9-18(27)10-12-19)14-5-6-20(30)17-36(2,33)34/h3-4,7-12,16H,5-6,13-15,17H2,1-2H3. The molecule has 190 valence electrons. The van der Waals surface area contributed by atoms with Gasteiger partial charge in [0.25, 0.3) is 11.8 Å². The molecule has 0 radical (unpaired) electrons. The van der Waals surface area contributed by atoms with Crippen LogP contribution in [0.25, 0.3) is 10.1 Å². The molecule has 1 aliphatic heterocycles. The highest BCUT2D eigenvalue weighted by Gasteiger charge is 2.51. The Morgan fingerprint density at radius 3 is 2.44 bits per heavy atom. The molecule has 0 saturated carbocycles. The predicted molar refractivity (Wildman–Crippen MR) is 144 cm³/mol. The minimum absolute atomic E-state index is 0.0324. The van der Waals surface area contributed by atoms with Crippen LogP contribution in [0.3, 0.4) is 0 Å². The number of halogens is 1. The average Bonchev–Trinajstić information content (AvgIpc) is 3.24. The van der Waals surface area contributed by atoms with Crippen LogP contribution in [-0.2, 0) is 19.4 Å². The number of fused-ring (bicyclic) bond motifs is 1. The number of nitrogens with zero attached hydrogens (tertiary/aromatic N) is 2. The predicted octanol–water partition coefficient (Wildman–Crippen LogP) is 4.59. The van der Waals surface area contributed by atoms with Crippen molar-refractivity contribution >= 4 is 66.1 Å². The number of likely N-dealkylation sites (tertiary alicyclic amines) is 1. The molecule has 1 saturated heterocycles. The first kappa shape index (κ1) is 26.3. The van der Waals surface area contributed by atoms with Gasteiger partial charge in [0.1, 0.15) is 17.1 Å². The van der Waals surface area contributed by atoms with E-state index in [0.29, 0.717) is 35.7 Å². The number of amides is 2. The highest BCUT2D eigenvalue weighted by Crippen LogP contribution is 2.37. The maximum atomic E-state index is 13.9. The summed E-state index contributed by atoms with van der Waals surface area (Å²) in [5, 5.41) is 3.22. The van der Waals surface area contributed by atoms with E-state index in [0.717, 1.165) is 16.3 Å². The topological polar surface area (TPSA) is 91.8 Å².